The fraction of sp³-hybridized carbons (Fsp3) is 0.562. The summed E-state index contributed by atoms with van der Waals surface area (Å²) >= 11 is -2.08. The molecule has 2 atom stereocenters. The lowest BCUT2D eigenvalue weighted by atomic mass is 9.70. The molecule has 0 radical (unpaired) electrons. The highest BCUT2D eigenvalue weighted by atomic mass is 32.2. The van der Waals surface area contributed by atoms with Gasteiger partial charge < -0.3 is 5.11 Å². The molecule has 1 aliphatic rings. The van der Waals surface area contributed by atoms with Gasteiger partial charge in [0.1, 0.15) is 0 Å². The molecule has 134 valence electrons. The summed E-state index contributed by atoms with van der Waals surface area (Å²) in [6.45, 7) is 6.30. The Hall–Kier alpha value is -1.54. The van der Waals surface area contributed by atoms with Crippen molar-refractivity contribution in [2.45, 2.75) is 45.6 Å². The Labute approximate surface area is 142 Å². The predicted molar refractivity (Wildman–Crippen MR) is 85.9 cm³/mol. The van der Waals surface area contributed by atoms with Crippen molar-refractivity contribution in [1.82, 2.24) is 4.31 Å². The van der Waals surface area contributed by atoms with Gasteiger partial charge in [-0.2, -0.15) is 4.31 Å². The van der Waals surface area contributed by atoms with Crippen LogP contribution in [0, 0.1) is 5.41 Å². The maximum absolute atomic E-state index is 13.3. The van der Waals surface area contributed by atoms with Gasteiger partial charge in [-0.25, -0.2) is 17.8 Å². The first-order valence-corrected chi connectivity index (χ1v) is 8.47. The molecule has 0 spiro atoms. The minimum Gasteiger partial charge on any atom is -0.464 e. The van der Waals surface area contributed by atoms with Gasteiger partial charge in [0.05, 0.1) is 12.1 Å². The zero-order chi connectivity index (χ0) is 18.3. The number of carboxylic acid groups (broad SMARTS) is 1. The minimum atomic E-state index is -2.94. The maximum Gasteiger partial charge on any atom is 0.421 e. The number of benzene rings is 1. The smallest absolute Gasteiger partial charge is 0.421 e. The Morgan fingerprint density at radius 3 is 2.25 bits per heavy atom. The van der Waals surface area contributed by atoms with Crippen molar-refractivity contribution >= 4 is 17.4 Å². The van der Waals surface area contributed by atoms with Crippen LogP contribution in [-0.2, 0) is 27.8 Å². The molecule has 1 amide bonds. The molecule has 1 aromatic carbocycles. The van der Waals surface area contributed by atoms with Crippen LogP contribution in [0.25, 0.3) is 0 Å². The Morgan fingerprint density at radius 2 is 1.83 bits per heavy atom. The normalized spacial score (nSPS) is 25.1. The van der Waals surface area contributed by atoms with E-state index in [1.54, 1.807) is 12.1 Å². The third-order valence-corrected chi connectivity index (χ3v) is 5.59. The zero-order valence-electron chi connectivity index (χ0n) is 14.0. The van der Waals surface area contributed by atoms with Crippen molar-refractivity contribution in [1.29, 1.82) is 0 Å². The number of hydrogen-bond acceptors (Lipinski definition) is 3. The molecule has 1 N–H and O–H groups in total. The van der Waals surface area contributed by atoms with E-state index in [2.05, 4.69) is 0 Å². The molecule has 0 aliphatic carbocycles. The average molecular weight is 361 g/mol. The molecule has 0 bridgehead atoms. The number of hydrogen-bond donors (Lipinski definition) is 1. The van der Waals surface area contributed by atoms with Crippen LogP contribution in [0.4, 0.5) is 13.6 Å². The van der Waals surface area contributed by atoms with E-state index in [1.165, 1.54) is 12.1 Å². The molecule has 1 heterocycles. The van der Waals surface area contributed by atoms with Gasteiger partial charge in [0.2, 0.25) is 0 Å². The first-order chi connectivity index (χ1) is 10.9. The minimum absolute atomic E-state index is 0.0267. The van der Waals surface area contributed by atoms with Crippen molar-refractivity contribution in [3.63, 3.8) is 0 Å². The van der Waals surface area contributed by atoms with Crippen molar-refractivity contribution in [3.05, 3.63) is 35.4 Å². The molecule has 1 unspecified atom stereocenters. The Balaban J connectivity index is 2.41. The quantitative estimate of drug-likeness (QED) is 0.891. The van der Waals surface area contributed by atoms with Gasteiger partial charge in [0, 0.05) is 12.5 Å². The molecule has 24 heavy (non-hydrogen) atoms. The van der Waals surface area contributed by atoms with Gasteiger partial charge >= 0.3 is 6.09 Å². The van der Waals surface area contributed by atoms with E-state index < -0.39 is 34.2 Å². The molecular formula is C16H21F2NO4S. The van der Waals surface area contributed by atoms with E-state index in [4.69, 9.17) is 4.18 Å². The van der Waals surface area contributed by atoms with Gasteiger partial charge in [-0.1, -0.05) is 45.0 Å². The Bertz CT molecular complexity index is 652. The number of amides is 1. The van der Waals surface area contributed by atoms with Crippen LogP contribution in [0.3, 0.4) is 0 Å². The molecular weight excluding hydrogens is 340 g/mol. The summed E-state index contributed by atoms with van der Waals surface area (Å²) in [5, 5.41) is 9.47. The van der Waals surface area contributed by atoms with E-state index >= 15 is 0 Å². The van der Waals surface area contributed by atoms with E-state index in [-0.39, 0.29) is 18.6 Å². The van der Waals surface area contributed by atoms with E-state index in [1.807, 2.05) is 20.8 Å². The van der Waals surface area contributed by atoms with Crippen molar-refractivity contribution in [3.8, 4) is 0 Å². The van der Waals surface area contributed by atoms with Crippen molar-refractivity contribution in [2.75, 3.05) is 6.61 Å². The number of nitrogens with zero attached hydrogens (tertiary/aromatic N) is 1. The third-order valence-electron chi connectivity index (χ3n) is 4.46. The molecule has 1 fully saturated rings. The monoisotopic (exact) mass is 361 g/mol. The van der Waals surface area contributed by atoms with Gasteiger partial charge in [0.15, 0.2) is 0 Å². The van der Waals surface area contributed by atoms with Crippen LogP contribution in [-0.4, -0.2) is 31.9 Å². The molecule has 1 aliphatic heterocycles. The first-order valence-electron chi connectivity index (χ1n) is 7.44. The van der Waals surface area contributed by atoms with Crippen LogP contribution >= 0.6 is 0 Å². The van der Waals surface area contributed by atoms with Crippen LogP contribution in [0.1, 0.15) is 38.8 Å². The maximum atomic E-state index is 13.3. The molecule has 1 aromatic rings. The van der Waals surface area contributed by atoms with Crippen LogP contribution in [0.2, 0.25) is 0 Å². The second-order valence-corrected chi connectivity index (χ2v) is 8.13. The van der Waals surface area contributed by atoms with Gasteiger partial charge in [0.25, 0.3) is 17.2 Å². The van der Waals surface area contributed by atoms with E-state index in [9.17, 15) is 22.9 Å². The standard InChI is InChI=1S/C16H21F2NO4S/c1-14(2,3)16(10-23-24(22)19(16)13(20)21)9-11-5-7-12(8-6-11)15(4,17)18/h5-8H,9-10H2,1-4H3,(H,20,21)/t16-,24?/m1/s1. The molecule has 5 nitrogen and oxygen atoms in total. The summed E-state index contributed by atoms with van der Waals surface area (Å²) in [6, 6.07) is 5.73. The Kier molecular flexibility index (Phi) is 4.76. The number of alkyl halides is 2. The molecule has 1 saturated heterocycles. The highest BCUT2D eigenvalue weighted by Gasteiger charge is 2.57. The summed E-state index contributed by atoms with van der Waals surface area (Å²) in [7, 11) is 0. The number of rotatable bonds is 3. The lowest BCUT2D eigenvalue weighted by molar-refractivity contribution is 0.0174. The number of carbonyl (C=O) groups is 1. The largest absolute Gasteiger partial charge is 0.464 e. The van der Waals surface area contributed by atoms with Gasteiger partial charge in [-0.15, -0.1) is 0 Å². The lowest BCUT2D eigenvalue weighted by Gasteiger charge is -2.44. The molecule has 0 saturated carbocycles. The fourth-order valence-electron chi connectivity index (χ4n) is 2.81. The SMILES string of the molecule is CC(F)(F)c1ccc(C[C@]2(C(C)(C)C)COS(=O)N2C(=O)O)cc1. The third kappa shape index (κ3) is 3.30. The van der Waals surface area contributed by atoms with E-state index in [0.29, 0.717) is 5.56 Å². The van der Waals surface area contributed by atoms with Crippen molar-refractivity contribution in [2.24, 2.45) is 5.41 Å². The topological polar surface area (TPSA) is 66.8 Å². The highest BCUT2D eigenvalue weighted by Crippen LogP contribution is 2.44. The summed E-state index contributed by atoms with van der Waals surface area (Å²) < 4.78 is 44.6. The highest BCUT2D eigenvalue weighted by molar-refractivity contribution is 7.78. The Morgan fingerprint density at radius 1 is 1.29 bits per heavy atom. The lowest BCUT2D eigenvalue weighted by Crippen LogP contribution is -2.58. The van der Waals surface area contributed by atoms with E-state index in [0.717, 1.165) is 11.2 Å². The van der Waals surface area contributed by atoms with Gasteiger partial charge in [-0.05, 0) is 17.4 Å². The molecule has 8 heteroatoms. The number of halogens is 2. The summed E-state index contributed by atoms with van der Waals surface area (Å²) in [4.78, 5) is 11.6. The van der Waals surface area contributed by atoms with Crippen LogP contribution in [0.15, 0.2) is 24.3 Å². The summed E-state index contributed by atoms with van der Waals surface area (Å²) in [5.74, 6) is -2.94. The average Bonchev–Trinajstić information content (AvgIpc) is 2.76. The van der Waals surface area contributed by atoms with Crippen molar-refractivity contribution < 1.29 is 27.1 Å². The van der Waals surface area contributed by atoms with Crippen LogP contribution < -0.4 is 0 Å². The second-order valence-electron chi connectivity index (χ2n) is 7.10. The summed E-state index contributed by atoms with van der Waals surface area (Å²) in [6.07, 6.45) is -1.12. The zero-order valence-corrected chi connectivity index (χ0v) is 14.8. The fourth-order valence-corrected chi connectivity index (χ4v) is 4.02. The summed E-state index contributed by atoms with van der Waals surface area (Å²) in [5.41, 5.74) is -1.07. The van der Waals surface area contributed by atoms with Crippen LogP contribution in [0.5, 0.6) is 0 Å². The molecule has 2 rings (SSSR count). The second kappa shape index (κ2) is 6.07. The molecule has 0 aromatic heterocycles. The van der Waals surface area contributed by atoms with Gasteiger partial charge in [-0.3, -0.25) is 4.18 Å². The predicted octanol–water partition coefficient (Wildman–Crippen LogP) is 3.71. The first kappa shape index (κ1) is 18.8.